The summed E-state index contributed by atoms with van der Waals surface area (Å²) in [5.74, 6) is 0. The lowest BCUT2D eigenvalue weighted by Gasteiger charge is -2.32. The molecule has 1 aliphatic heterocycles. The van der Waals surface area contributed by atoms with Gasteiger partial charge in [-0.15, -0.1) is 0 Å². The minimum atomic E-state index is -3.48. The second-order valence-corrected chi connectivity index (χ2v) is 8.61. The highest BCUT2D eigenvalue weighted by Crippen LogP contribution is 2.15. The van der Waals surface area contributed by atoms with Gasteiger partial charge in [-0.3, -0.25) is 4.90 Å². The normalized spacial score (nSPS) is 19.0. The first-order chi connectivity index (χ1) is 12.5. The number of rotatable bonds is 6. The van der Waals surface area contributed by atoms with Gasteiger partial charge in [0.25, 0.3) is 0 Å². The maximum Gasteiger partial charge on any atom is 0.234 e. The van der Waals surface area contributed by atoms with E-state index in [-0.39, 0.29) is 6.04 Å². The molecule has 1 aliphatic rings. The van der Waals surface area contributed by atoms with Gasteiger partial charge in [0.1, 0.15) is 0 Å². The molecule has 0 bridgehead atoms. The van der Waals surface area contributed by atoms with Crippen LogP contribution in [0.5, 0.6) is 0 Å². The molecule has 4 nitrogen and oxygen atoms in total. The van der Waals surface area contributed by atoms with Crippen molar-refractivity contribution in [1.82, 2.24) is 9.62 Å². The molecule has 1 saturated heterocycles. The van der Waals surface area contributed by atoms with Crippen molar-refractivity contribution in [3.63, 3.8) is 0 Å². The fraction of sp³-hybridized carbons (Fsp3) is 0.300. The van der Waals surface area contributed by atoms with Crippen molar-refractivity contribution < 1.29 is 8.42 Å². The van der Waals surface area contributed by atoms with Crippen LogP contribution in [0.3, 0.4) is 0 Å². The van der Waals surface area contributed by atoms with E-state index in [1.807, 2.05) is 18.2 Å². The zero-order chi connectivity index (χ0) is 18.4. The van der Waals surface area contributed by atoms with Crippen LogP contribution < -0.4 is 4.72 Å². The Bertz CT molecular complexity index is 836. The molecule has 2 aromatic rings. The Morgan fingerprint density at radius 2 is 1.85 bits per heavy atom. The Hall–Kier alpha value is -1.66. The fourth-order valence-electron chi connectivity index (χ4n) is 3.15. The summed E-state index contributed by atoms with van der Waals surface area (Å²) < 4.78 is 27.5. The summed E-state index contributed by atoms with van der Waals surface area (Å²) >= 11 is 5.84. The van der Waals surface area contributed by atoms with Crippen LogP contribution in [-0.2, 0) is 16.6 Å². The number of likely N-dealkylation sites (tertiary alicyclic amines) is 1. The Morgan fingerprint density at radius 3 is 2.58 bits per heavy atom. The lowest BCUT2D eigenvalue weighted by Crippen LogP contribution is -2.46. The van der Waals surface area contributed by atoms with Gasteiger partial charge in [0.15, 0.2) is 0 Å². The molecule has 1 unspecified atom stereocenters. The van der Waals surface area contributed by atoms with Crippen LogP contribution in [-0.4, -0.2) is 32.4 Å². The average molecular weight is 391 g/mol. The van der Waals surface area contributed by atoms with Gasteiger partial charge in [-0.2, -0.15) is 0 Å². The molecular formula is C20H23ClN2O2S. The molecule has 26 heavy (non-hydrogen) atoms. The van der Waals surface area contributed by atoms with Gasteiger partial charge in [-0.25, -0.2) is 13.1 Å². The number of sulfonamides is 1. The number of halogens is 1. The number of nitrogens with one attached hydrogen (secondary N) is 1. The van der Waals surface area contributed by atoms with Crippen molar-refractivity contribution in [2.45, 2.75) is 25.4 Å². The molecule has 1 atom stereocenters. The number of hydrogen-bond donors (Lipinski definition) is 1. The molecule has 0 saturated carbocycles. The first kappa shape index (κ1) is 19.1. The molecule has 0 aromatic heterocycles. The highest BCUT2D eigenvalue weighted by atomic mass is 35.5. The van der Waals surface area contributed by atoms with E-state index in [4.69, 9.17) is 11.6 Å². The van der Waals surface area contributed by atoms with Crippen molar-refractivity contribution in [3.8, 4) is 0 Å². The fourth-order valence-corrected chi connectivity index (χ4v) is 4.35. The van der Waals surface area contributed by atoms with Crippen molar-refractivity contribution in [3.05, 3.63) is 76.2 Å². The van der Waals surface area contributed by atoms with Gasteiger partial charge in [0.2, 0.25) is 10.0 Å². The standard InChI is InChI=1S/C20H23ClN2O2S/c21-19-10-8-17(9-11-19)12-14-26(24,25)22-20-7-4-13-23(16-20)15-18-5-2-1-3-6-18/h1-3,5-6,8-12,14,20,22H,4,7,13,15-16H2/b14-12+. The highest BCUT2D eigenvalue weighted by Gasteiger charge is 2.23. The summed E-state index contributed by atoms with van der Waals surface area (Å²) in [6.07, 6.45) is 3.43. The van der Waals surface area contributed by atoms with E-state index in [1.165, 1.54) is 11.0 Å². The number of piperidine rings is 1. The van der Waals surface area contributed by atoms with Gasteiger partial charge in [0, 0.05) is 29.6 Å². The lowest BCUT2D eigenvalue weighted by molar-refractivity contribution is 0.194. The van der Waals surface area contributed by atoms with Gasteiger partial charge < -0.3 is 0 Å². The molecule has 0 spiro atoms. The van der Waals surface area contributed by atoms with E-state index in [0.717, 1.165) is 38.0 Å². The molecule has 1 heterocycles. The van der Waals surface area contributed by atoms with Crippen molar-refractivity contribution in [2.75, 3.05) is 13.1 Å². The molecular weight excluding hydrogens is 368 g/mol. The number of nitrogens with zero attached hydrogens (tertiary/aromatic N) is 1. The second kappa shape index (κ2) is 8.82. The highest BCUT2D eigenvalue weighted by molar-refractivity contribution is 7.92. The van der Waals surface area contributed by atoms with Crippen LogP contribution in [0.1, 0.15) is 24.0 Å². The lowest BCUT2D eigenvalue weighted by atomic mass is 10.1. The summed E-state index contributed by atoms with van der Waals surface area (Å²) in [7, 11) is -3.48. The molecule has 0 amide bonds. The van der Waals surface area contributed by atoms with E-state index in [2.05, 4.69) is 21.8 Å². The number of hydrogen-bond acceptors (Lipinski definition) is 3. The summed E-state index contributed by atoms with van der Waals surface area (Å²) in [6, 6.07) is 17.3. The SMILES string of the molecule is O=S(=O)(/C=C/c1ccc(Cl)cc1)NC1CCCN(Cc2ccccc2)C1. The van der Waals surface area contributed by atoms with E-state index in [9.17, 15) is 8.42 Å². The van der Waals surface area contributed by atoms with Crippen LogP contribution in [0.15, 0.2) is 60.0 Å². The van der Waals surface area contributed by atoms with Crippen LogP contribution >= 0.6 is 11.6 Å². The van der Waals surface area contributed by atoms with Gasteiger partial charge in [-0.1, -0.05) is 54.1 Å². The predicted octanol–water partition coefficient (Wildman–Crippen LogP) is 3.89. The van der Waals surface area contributed by atoms with E-state index in [1.54, 1.807) is 30.3 Å². The quantitative estimate of drug-likeness (QED) is 0.813. The largest absolute Gasteiger partial charge is 0.298 e. The molecule has 3 rings (SSSR count). The summed E-state index contributed by atoms with van der Waals surface area (Å²) in [5.41, 5.74) is 2.05. The smallest absolute Gasteiger partial charge is 0.234 e. The topological polar surface area (TPSA) is 49.4 Å². The summed E-state index contributed by atoms with van der Waals surface area (Å²) in [6.45, 7) is 2.57. The van der Waals surface area contributed by atoms with Gasteiger partial charge in [0.05, 0.1) is 0 Å². The third-order valence-electron chi connectivity index (χ3n) is 4.40. The zero-order valence-corrected chi connectivity index (χ0v) is 16.1. The summed E-state index contributed by atoms with van der Waals surface area (Å²) in [4.78, 5) is 2.30. The van der Waals surface area contributed by atoms with E-state index < -0.39 is 10.0 Å². The molecule has 2 aromatic carbocycles. The number of benzene rings is 2. The van der Waals surface area contributed by atoms with Crippen LogP contribution in [0.4, 0.5) is 0 Å². The Balaban J connectivity index is 1.57. The monoisotopic (exact) mass is 390 g/mol. The third-order valence-corrected chi connectivity index (χ3v) is 5.80. The van der Waals surface area contributed by atoms with Gasteiger partial charge in [-0.05, 0) is 48.7 Å². The van der Waals surface area contributed by atoms with Crippen LogP contribution in [0.2, 0.25) is 5.02 Å². The molecule has 0 aliphatic carbocycles. The maximum absolute atomic E-state index is 12.4. The van der Waals surface area contributed by atoms with E-state index >= 15 is 0 Å². The Morgan fingerprint density at radius 1 is 1.12 bits per heavy atom. The Kier molecular flexibility index (Phi) is 6.48. The first-order valence-corrected chi connectivity index (χ1v) is 10.6. The minimum absolute atomic E-state index is 0.0627. The Labute approximate surface area is 160 Å². The van der Waals surface area contributed by atoms with Crippen LogP contribution in [0.25, 0.3) is 6.08 Å². The molecule has 1 N–H and O–H groups in total. The average Bonchev–Trinajstić information content (AvgIpc) is 2.62. The maximum atomic E-state index is 12.4. The van der Waals surface area contributed by atoms with Crippen molar-refractivity contribution >= 4 is 27.7 Å². The van der Waals surface area contributed by atoms with Crippen molar-refractivity contribution in [1.29, 1.82) is 0 Å². The minimum Gasteiger partial charge on any atom is -0.298 e. The second-order valence-electron chi connectivity index (χ2n) is 6.58. The summed E-state index contributed by atoms with van der Waals surface area (Å²) in [5, 5.41) is 1.86. The van der Waals surface area contributed by atoms with Gasteiger partial charge >= 0.3 is 0 Å². The van der Waals surface area contributed by atoms with Crippen LogP contribution in [0, 0.1) is 0 Å². The molecule has 138 valence electrons. The van der Waals surface area contributed by atoms with E-state index in [0.29, 0.717) is 5.02 Å². The predicted molar refractivity (Wildman–Crippen MR) is 107 cm³/mol. The molecule has 0 radical (unpaired) electrons. The molecule has 6 heteroatoms. The zero-order valence-electron chi connectivity index (χ0n) is 14.5. The molecule has 1 fully saturated rings. The first-order valence-electron chi connectivity index (χ1n) is 8.72. The third kappa shape index (κ3) is 5.95. The van der Waals surface area contributed by atoms with Crippen molar-refractivity contribution in [2.24, 2.45) is 0 Å².